The highest BCUT2D eigenvalue weighted by atomic mass is 16.1. The van der Waals surface area contributed by atoms with Gasteiger partial charge >= 0.3 is 0 Å². The zero-order valence-corrected chi connectivity index (χ0v) is 11.7. The van der Waals surface area contributed by atoms with Crippen molar-refractivity contribution in [2.75, 3.05) is 17.6 Å². The summed E-state index contributed by atoms with van der Waals surface area (Å²) in [6.07, 6.45) is 8.20. The van der Waals surface area contributed by atoms with E-state index in [0.29, 0.717) is 11.3 Å². The van der Waals surface area contributed by atoms with Gasteiger partial charge < -0.3 is 11.1 Å². The topological polar surface area (TPSA) is 55.1 Å². The molecule has 1 aliphatic carbocycles. The smallest absolute Gasteiger partial charge is 0.161 e. The molecule has 104 valence electrons. The molecule has 0 saturated heterocycles. The van der Waals surface area contributed by atoms with E-state index in [4.69, 9.17) is 5.73 Å². The van der Waals surface area contributed by atoms with Gasteiger partial charge in [-0.1, -0.05) is 25.7 Å². The van der Waals surface area contributed by atoms with Gasteiger partial charge in [0.15, 0.2) is 5.78 Å². The summed E-state index contributed by atoms with van der Waals surface area (Å²) in [5.74, 6) is 0.970. The van der Waals surface area contributed by atoms with Gasteiger partial charge in [0.1, 0.15) is 0 Å². The van der Waals surface area contributed by atoms with Gasteiger partial charge in [0, 0.05) is 23.5 Å². The van der Waals surface area contributed by atoms with E-state index in [1.54, 1.807) is 13.0 Å². The van der Waals surface area contributed by atoms with Gasteiger partial charge in [0.25, 0.3) is 0 Å². The molecule has 19 heavy (non-hydrogen) atoms. The van der Waals surface area contributed by atoms with Crippen LogP contribution >= 0.6 is 0 Å². The van der Waals surface area contributed by atoms with E-state index in [1.807, 2.05) is 12.1 Å². The van der Waals surface area contributed by atoms with E-state index >= 15 is 0 Å². The third kappa shape index (κ3) is 3.98. The van der Waals surface area contributed by atoms with Crippen LogP contribution in [0.5, 0.6) is 0 Å². The highest BCUT2D eigenvalue weighted by molar-refractivity contribution is 5.99. The van der Waals surface area contributed by atoms with Crippen molar-refractivity contribution in [1.29, 1.82) is 0 Å². The van der Waals surface area contributed by atoms with Crippen LogP contribution in [0, 0.1) is 5.92 Å². The minimum absolute atomic E-state index is 0.0188. The third-order valence-electron chi connectivity index (χ3n) is 4.02. The highest BCUT2D eigenvalue weighted by Crippen LogP contribution is 2.28. The van der Waals surface area contributed by atoms with Gasteiger partial charge in [-0.3, -0.25) is 4.79 Å². The van der Waals surface area contributed by atoms with Crippen LogP contribution in [0.3, 0.4) is 0 Å². The second kappa shape index (κ2) is 6.60. The lowest BCUT2D eigenvalue weighted by Gasteiger charge is -2.11. The Balaban J connectivity index is 1.76. The Morgan fingerprint density at radius 3 is 2.74 bits per heavy atom. The molecule has 3 N–H and O–H groups in total. The molecule has 1 aliphatic rings. The molecule has 0 spiro atoms. The van der Waals surface area contributed by atoms with E-state index in [2.05, 4.69) is 5.32 Å². The maximum Gasteiger partial charge on any atom is 0.161 e. The van der Waals surface area contributed by atoms with Crippen molar-refractivity contribution in [2.45, 2.75) is 45.4 Å². The fraction of sp³-hybridized carbons (Fsp3) is 0.562. The lowest BCUT2D eigenvalue weighted by molar-refractivity contribution is 0.101. The summed E-state index contributed by atoms with van der Waals surface area (Å²) in [7, 11) is 0. The Morgan fingerprint density at radius 2 is 2.11 bits per heavy atom. The summed E-state index contributed by atoms with van der Waals surface area (Å²) in [5, 5.41) is 3.38. The third-order valence-corrected chi connectivity index (χ3v) is 4.02. The van der Waals surface area contributed by atoms with Crippen LogP contribution in [0.2, 0.25) is 0 Å². The first-order valence-electron chi connectivity index (χ1n) is 7.31. The quantitative estimate of drug-likeness (QED) is 0.464. The molecule has 1 saturated carbocycles. The van der Waals surface area contributed by atoms with Crippen molar-refractivity contribution < 1.29 is 4.79 Å². The predicted octanol–water partition coefficient (Wildman–Crippen LogP) is 3.85. The maximum absolute atomic E-state index is 11.3. The second-order valence-electron chi connectivity index (χ2n) is 5.58. The molecule has 0 aromatic heterocycles. The van der Waals surface area contributed by atoms with Crippen molar-refractivity contribution in [2.24, 2.45) is 5.92 Å². The van der Waals surface area contributed by atoms with Gasteiger partial charge in [0.05, 0.1) is 0 Å². The van der Waals surface area contributed by atoms with E-state index in [-0.39, 0.29) is 5.78 Å². The van der Waals surface area contributed by atoms with E-state index in [0.717, 1.165) is 18.2 Å². The number of carbonyl (C=O) groups is 1. The molecule has 3 nitrogen and oxygen atoms in total. The van der Waals surface area contributed by atoms with Gasteiger partial charge in [-0.05, 0) is 43.9 Å². The molecule has 2 rings (SSSR count). The van der Waals surface area contributed by atoms with Crippen molar-refractivity contribution in [3.05, 3.63) is 23.8 Å². The average Bonchev–Trinajstić information content (AvgIpc) is 2.87. The number of carbonyl (C=O) groups excluding carboxylic acids is 1. The number of hydrogen-bond donors (Lipinski definition) is 2. The van der Waals surface area contributed by atoms with Crippen LogP contribution in [0.25, 0.3) is 0 Å². The van der Waals surface area contributed by atoms with Gasteiger partial charge in [-0.25, -0.2) is 0 Å². The Bertz CT molecular complexity index is 436. The van der Waals surface area contributed by atoms with Crippen molar-refractivity contribution >= 4 is 17.2 Å². The Kier molecular flexibility index (Phi) is 4.83. The summed E-state index contributed by atoms with van der Waals surface area (Å²) < 4.78 is 0. The highest BCUT2D eigenvalue weighted by Gasteiger charge is 2.13. The number of nitrogen functional groups attached to an aromatic ring is 1. The van der Waals surface area contributed by atoms with Crippen LogP contribution in [-0.2, 0) is 0 Å². The molecule has 0 unspecified atom stereocenters. The van der Waals surface area contributed by atoms with Crippen molar-refractivity contribution in [3.8, 4) is 0 Å². The number of nitrogens with two attached hydrogens (primary N) is 1. The molecule has 0 radical (unpaired) electrons. The minimum atomic E-state index is 0.0188. The summed E-state index contributed by atoms with van der Waals surface area (Å²) in [5.41, 5.74) is 8.04. The normalized spacial score (nSPS) is 15.6. The molecule has 0 bridgehead atoms. The fourth-order valence-corrected chi connectivity index (χ4v) is 2.92. The number of ketones is 1. The molecule has 0 atom stereocenters. The zero-order chi connectivity index (χ0) is 13.7. The Labute approximate surface area is 115 Å². The van der Waals surface area contributed by atoms with Crippen LogP contribution in [0.1, 0.15) is 55.8 Å². The Hall–Kier alpha value is -1.51. The summed E-state index contributed by atoms with van der Waals surface area (Å²) in [6.45, 7) is 2.52. The number of benzene rings is 1. The van der Waals surface area contributed by atoms with Crippen molar-refractivity contribution in [3.63, 3.8) is 0 Å². The zero-order valence-electron chi connectivity index (χ0n) is 11.7. The minimum Gasteiger partial charge on any atom is -0.398 e. The maximum atomic E-state index is 11.3. The largest absolute Gasteiger partial charge is 0.398 e. The fourth-order valence-electron chi connectivity index (χ4n) is 2.92. The van der Waals surface area contributed by atoms with E-state index in [9.17, 15) is 4.79 Å². The summed E-state index contributed by atoms with van der Waals surface area (Å²) in [6, 6.07) is 5.59. The van der Waals surface area contributed by atoms with Gasteiger partial charge in [0.2, 0.25) is 0 Å². The van der Waals surface area contributed by atoms with Crippen molar-refractivity contribution in [1.82, 2.24) is 0 Å². The van der Waals surface area contributed by atoms with Crippen LogP contribution < -0.4 is 11.1 Å². The number of rotatable bonds is 6. The number of Topliss-reactive ketones (excluding diaryl/α,β-unsaturated/α-hetero) is 1. The molecule has 0 amide bonds. The lowest BCUT2D eigenvalue weighted by atomic mass is 10.0. The van der Waals surface area contributed by atoms with E-state index < -0.39 is 0 Å². The van der Waals surface area contributed by atoms with Crippen LogP contribution in [0.15, 0.2) is 18.2 Å². The first kappa shape index (κ1) is 13.9. The van der Waals surface area contributed by atoms with Gasteiger partial charge in [-0.15, -0.1) is 0 Å². The standard InChI is InChI=1S/C16H24N2O/c1-12(19)15-9-8-14(11-16(15)17)18-10-4-7-13-5-2-3-6-13/h8-9,11,13,18H,2-7,10,17H2,1H3. The number of anilines is 2. The summed E-state index contributed by atoms with van der Waals surface area (Å²) >= 11 is 0. The van der Waals surface area contributed by atoms with Crippen LogP contribution in [-0.4, -0.2) is 12.3 Å². The molecule has 0 aliphatic heterocycles. The molecular weight excluding hydrogens is 236 g/mol. The predicted molar refractivity (Wildman–Crippen MR) is 80.5 cm³/mol. The van der Waals surface area contributed by atoms with Crippen LogP contribution in [0.4, 0.5) is 11.4 Å². The molecule has 0 heterocycles. The first-order chi connectivity index (χ1) is 9.16. The Morgan fingerprint density at radius 1 is 1.37 bits per heavy atom. The first-order valence-corrected chi connectivity index (χ1v) is 7.31. The second-order valence-corrected chi connectivity index (χ2v) is 5.58. The summed E-state index contributed by atoms with van der Waals surface area (Å²) in [4.78, 5) is 11.3. The van der Waals surface area contributed by atoms with E-state index in [1.165, 1.54) is 38.5 Å². The molecule has 3 heteroatoms. The monoisotopic (exact) mass is 260 g/mol. The molecule has 1 fully saturated rings. The lowest BCUT2D eigenvalue weighted by Crippen LogP contribution is -2.06. The SMILES string of the molecule is CC(=O)c1ccc(NCCCC2CCCC2)cc1N. The molecule has 1 aromatic rings. The molecule has 1 aromatic carbocycles. The number of nitrogens with one attached hydrogen (secondary N) is 1. The number of hydrogen-bond acceptors (Lipinski definition) is 3. The molecular formula is C16H24N2O. The average molecular weight is 260 g/mol. The van der Waals surface area contributed by atoms with Gasteiger partial charge in [-0.2, -0.15) is 0 Å².